The van der Waals surface area contributed by atoms with Crippen LogP contribution in [0, 0.1) is 0 Å². The van der Waals surface area contributed by atoms with Gasteiger partial charge in [-0.05, 0) is 18.6 Å². The number of aromatic nitrogens is 2. The number of hydrogen-bond acceptors (Lipinski definition) is 1. The monoisotopic (exact) mass is 158 g/mol. The number of imidazole rings is 1. The van der Waals surface area contributed by atoms with Gasteiger partial charge in [-0.25, -0.2) is 4.98 Å². The summed E-state index contributed by atoms with van der Waals surface area (Å²) in [4.78, 5) is 7.07. The number of benzene rings is 1. The van der Waals surface area contributed by atoms with Gasteiger partial charge in [0.25, 0.3) is 0 Å². The summed E-state index contributed by atoms with van der Waals surface area (Å²) in [5.74, 6) is 0. The van der Waals surface area contributed by atoms with E-state index >= 15 is 0 Å². The number of para-hydroxylation sites is 2. The van der Waals surface area contributed by atoms with Crippen molar-refractivity contribution in [3.8, 4) is 0 Å². The number of nitrogens with zero attached hydrogens (tertiary/aromatic N) is 1. The first-order chi connectivity index (χ1) is 5.97. The Labute approximate surface area is 70.9 Å². The molecule has 3 rings (SSSR count). The summed E-state index contributed by atoms with van der Waals surface area (Å²) in [6.07, 6.45) is 7.20. The van der Waals surface area contributed by atoms with Crippen LogP contribution in [0.15, 0.2) is 42.7 Å². The van der Waals surface area contributed by atoms with E-state index < -0.39 is 0 Å². The van der Waals surface area contributed by atoms with Gasteiger partial charge in [0.05, 0.1) is 17.4 Å². The zero-order valence-electron chi connectivity index (χ0n) is 6.70. The molecule has 1 aliphatic rings. The van der Waals surface area contributed by atoms with Crippen molar-refractivity contribution in [1.82, 2.24) is 9.97 Å². The summed E-state index contributed by atoms with van der Waals surface area (Å²) >= 11 is 0. The Hall–Kier alpha value is -1.57. The van der Waals surface area contributed by atoms with Crippen molar-refractivity contribution in [2.45, 2.75) is 6.42 Å². The molecule has 60 valence electrons. The van der Waals surface area contributed by atoms with Crippen LogP contribution < -0.4 is 0 Å². The maximum Gasteiger partial charge on any atom is 0.0931 e. The molecule has 0 saturated heterocycles. The van der Waals surface area contributed by atoms with Gasteiger partial charge in [-0.3, -0.25) is 0 Å². The molecule has 1 aromatic heterocycles. The number of H-pyrrole nitrogens is 1. The Morgan fingerprint density at radius 1 is 1.17 bits per heavy atom. The molecule has 0 aliphatic heterocycles. The van der Waals surface area contributed by atoms with E-state index in [1.54, 1.807) is 6.33 Å². The van der Waals surface area contributed by atoms with Crippen molar-refractivity contribution in [2.24, 2.45) is 0 Å². The first-order valence-corrected chi connectivity index (χ1v) is 4.00. The summed E-state index contributed by atoms with van der Waals surface area (Å²) in [5, 5.41) is 0. The SMILES string of the molecule is C1=CC1.c1ccc2[nH]cnc2c1. The minimum Gasteiger partial charge on any atom is -0.345 e. The van der Waals surface area contributed by atoms with Crippen molar-refractivity contribution >= 4 is 11.0 Å². The number of allylic oxidation sites excluding steroid dienone is 2. The molecule has 0 unspecified atom stereocenters. The fraction of sp³-hybridized carbons (Fsp3) is 0.100. The van der Waals surface area contributed by atoms with E-state index in [1.165, 1.54) is 6.42 Å². The third kappa shape index (κ3) is 1.72. The van der Waals surface area contributed by atoms with E-state index in [0.717, 1.165) is 11.0 Å². The highest BCUT2D eigenvalue weighted by molar-refractivity contribution is 5.73. The van der Waals surface area contributed by atoms with E-state index in [2.05, 4.69) is 22.1 Å². The van der Waals surface area contributed by atoms with Gasteiger partial charge >= 0.3 is 0 Å². The van der Waals surface area contributed by atoms with Crippen LogP contribution in [0.3, 0.4) is 0 Å². The molecule has 1 aromatic carbocycles. The second-order valence-corrected chi connectivity index (χ2v) is 2.63. The molecule has 1 aliphatic carbocycles. The molecule has 2 aromatic rings. The lowest BCUT2D eigenvalue weighted by atomic mass is 10.3. The summed E-state index contributed by atoms with van der Waals surface area (Å²) in [7, 11) is 0. The summed E-state index contributed by atoms with van der Waals surface area (Å²) < 4.78 is 0. The van der Waals surface area contributed by atoms with Crippen LogP contribution in [0.5, 0.6) is 0 Å². The van der Waals surface area contributed by atoms with E-state index in [0.29, 0.717) is 0 Å². The Balaban J connectivity index is 0.000000159. The van der Waals surface area contributed by atoms with Crippen molar-refractivity contribution in [1.29, 1.82) is 0 Å². The van der Waals surface area contributed by atoms with E-state index in [1.807, 2.05) is 24.3 Å². The minimum absolute atomic E-state index is 1.03. The lowest BCUT2D eigenvalue weighted by Crippen LogP contribution is -1.63. The van der Waals surface area contributed by atoms with Gasteiger partial charge < -0.3 is 4.98 Å². The molecule has 0 atom stereocenters. The molecule has 0 fully saturated rings. The molecule has 1 N–H and O–H groups in total. The number of rotatable bonds is 0. The number of aromatic amines is 1. The molecule has 0 bridgehead atoms. The van der Waals surface area contributed by atoms with Crippen LogP contribution in [0.2, 0.25) is 0 Å². The van der Waals surface area contributed by atoms with Gasteiger partial charge in [0, 0.05) is 0 Å². The standard InChI is InChI=1S/C7H6N2.C3H4/c1-2-4-7-6(3-1)8-5-9-7;1-2-3-1/h1-5H,(H,8,9);1-2H,3H2. The highest BCUT2D eigenvalue weighted by Crippen LogP contribution is 2.05. The summed E-state index contributed by atoms with van der Waals surface area (Å²) in [6.45, 7) is 0. The number of hydrogen-bond donors (Lipinski definition) is 1. The topological polar surface area (TPSA) is 28.7 Å². The Morgan fingerprint density at radius 3 is 2.58 bits per heavy atom. The van der Waals surface area contributed by atoms with Gasteiger partial charge in [0.1, 0.15) is 0 Å². The van der Waals surface area contributed by atoms with E-state index in [-0.39, 0.29) is 0 Å². The molecule has 0 saturated carbocycles. The van der Waals surface area contributed by atoms with Crippen LogP contribution in [0.25, 0.3) is 11.0 Å². The van der Waals surface area contributed by atoms with Crippen LogP contribution in [0.4, 0.5) is 0 Å². The Kier molecular flexibility index (Phi) is 1.90. The van der Waals surface area contributed by atoms with Crippen molar-refractivity contribution in [3.05, 3.63) is 42.7 Å². The van der Waals surface area contributed by atoms with Crippen LogP contribution in [-0.4, -0.2) is 9.97 Å². The fourth-order valence-electron chi connectivity index (χ4n) is 0.880. The highest BCUT2D eigenvalue weighted by Gasteiger charge is 1.88. The normalized spacial score (nSPS) is 12.3. The predicted octanol–water partition coefficient (Wildman–Crippen LogP) is 2.51. The van der Waals surface area contributed by atoms with E-state index in [9.17, 15) is 0 Å². The third-order valence-corrected chi connectivity index (χ3v) is 1.56. The number of nitrogens with one attached hydrogen (secondary N) is 1. The zero-order chi connectivity index (χ0) is 8.23. The average Bonchev–Trinajstić information content (AvgIpc) is 2.91. The van der Waals surface area contributed by atoms with Gasteiger partial charge in [0.15, 0.2) is 0 Å². The largest absolute Gasteiger partial charge is 0.345 e. The Morgan fingerprint density at radius 2 is 1.92 bits per heavy atom. The lowest BCUT2D eigenvalue weighted by molar-refractivity contribution is 1.34. The first-order valence-electron chi connectivity index (χ1n) is 4.00. The smallest absolute Gasteiger partial charge is 0.0931 e. The number of fused-ring (bicyclic) bond motifs is 1. The van der Waals surface area contributed by atoms with Gasteiger partial charge in [-0.2, -0.15) is 0 Å². The molecule has 12 heavy (non-hydrogen) atoms. The summed E-state index contributed by atoms with van der Waals surface area (Å²) in [6, 6.07) is 7.94. The maximum atomic E-state index is 4.06. The summed E-state index contributed by atoms with van der Waals surface area (Å²) in [5.41, 5.74) is 2.12. The fourth-order valence-corrected chi connectivity index (χ4v) is 0.880. The average molecular weight is 158 g/mol. The highest BCUT2D eigenvalue weighted by atomic mass is 14.9. The molecule has 0 spiro atoms. The van der Waals surface area contributed by atoms with E-state index in [4.69, 9.17) is 0 Å². The van der Waals surface area contributed by atoms with Crippen LogP contribution >= 0.6 is 0 Å². The minimum atomic E-state index is 1.03. The Bertz CT molecular complexity index is 353. The molecule has 0 amide bonds. The molecule has 2 heteroatoms. The van der Waals surface area contributed by atoms with Gasteiger partial charge in [-0.1, -0.05) is 24.3 Å². The second-order valence-electron chi connectivity index (χ2n) is 2.63. The molecular weight excluding hydrogens is 148 g/mol. The molecule has 2 nitrogen and oxygen atoms in total. The zero-order valence-corrected chi connectivity index (χ0v) is 6.70. The van der Waals surface area contributed by atoms with Crippen LogP contribution in [0.1, 0.15) is 6.42 Å². The third-order valence-electron chi connectivity index (χ3n) is 1.56. The molecule has 0 radical (unpaired) electrons. The van der Waals surface area contributed by atoms with Gasteiger partial charge in [0.2, 0.25) is 0 Å². The molecular formula is C10H10N2. The maximum absolute atomic E-state index is 4.06. The van der Waals surface area contributed by atoms with Crippen LogP contribution in [-0.2, 0) is 0 Å². The second kappa shape index (κ2) is 3.22. The molecule has 1 heterocycles. The lowest BCUT2D eigenvalue weighted by Gasteiger charge is -1.81. The van der Waals surface area contributed by atoms with Crippen molar-refractivity contribution in [3.63, 3.8) is 0 Å². The van der Waals surface area contributed by atoms with Crippen molar-refractivity contribution in [2.75, 3.05) is 0 Å². The predicted molar refractivity (Wildman–Crippen MR) is 49.9 cm³/mol. The van der Waals surface area contributed by atoms with Crippen molar-refractivity contribution < 1.29 is 0 Å². The quantitative estimate of drug-likeness (QED) is 0.586. The first kappa shape index (κ1) is 7.10. The van der Waals surface area contributed by atoms with Gasteiger partial charge in [-0.15, -0.1) is 0 Å².